The molecule has 5 heteroatoms. The minimum atomic E-state index is -0.361. The maximum Gasteiger partial charge on any atom is 0.200 e. The Kier molecular flexibility index (Phi) is 17.1. The number of phenols is 2. The van der Waals surface area contributed by atoms with Gasteiger partial charge < -0.3 is 10.2 Å². The van der Waals surface area contributed by atoms with Crippen molar-refractivity contribution in [1.29, 1.82) is 0 Å². The van der Waals surface area contributed by atoms with E-state index in [4.69, 9.17) is 0 Å². The van der Waals surface area contributed by atoms with E-state index in [9.17, 15) is 15.0 Å². The summed E-state index contributed by atoms with van der Waals surface area (Å²) in [5.41, 5.74) is 6.92. The third-order valence-electron chi connectivity index (χ3n) is 9.90. The molecule has 0 atom stereocenters. The molecular weight excluding hydrogens is 748 g/mol. The minimum Gasteiger partial charge on any atom is -0.506 e. The van der Waals surface area contributed by atoms with Crippen molar-refractivity contribution in [3.8, 4) is 11.5 Å². The first-order chi connectivity index (χ1) is 24.3. The lowest BCUT2D eigenvalue weighted by molar-refractivity contribution is 0.103. The van der Waals surface area contributed by atoms with E-state index >= 15 is 0 Å². The number of hydrogen-bond acceptors (Lipinski definition) is 3. The van der Waals surface area contributed by atoms with Gasteiger partial charge in [-0.1, -0.05) is 152 Å². The summed E-state index contributed by atoms with van der Waals surface area (Å²) in [4.78, 5) is 14.4. The molecule has 0 radical (unpaired) electrons. The second kappa shape index (κ2) is 21.5. The average Bonchev–Trinajstić information content (AvgIpc) is 3.13. The van der Waals surface area contributed by atoms with Gasteiger partial charge in [-0.25, -0.2) is 0 Å². The van der Waals surface area contributed by atoms with Crippen molar-refractivity contribution in [2.24, 2.45) is 0 Å². The van der Waals surface area contributed by atoms with Gasteiger partial charge in [0.1, 0.15) is 11.5 Å². The second-order valence-corrected chi connectivity index (χ2v) is 15.4. The first-order valence-corrected chi connectivity index (χ1v) is 20.6. The van der Waals surface area contributed by atoms with Gasteiger partial charge in [-0.3, -0.25) is 4.79 Å². The molecule has 0 aliphatic rings. The first-order valence-electron chi connectivity index (χ1n) is 19.0. The number of ketones is 1. The molecule has 0 unspecified atom stereocenters. The molecule has 0 fully saturated rings. The number of carbonyl (C=O) groups is 1. The molecule has 0 aliphatic heterocycles. The zero-order chi connectivity index (χ0) is 35.7. The second-order valence-electron chi connectivity index (χ2n) is 13.8. The molecule has 4 aromatic rings. The van der Waals surface area contributed by atoms with Gasteiger partial charge in [0.25, 0.3) is 0 Å². The highest BCUT2D eigenvalue weighted by molar-refractivity contribution is 9.11. The highest BCUT2D eigenvalue weighted by Crippen LogP contribution is 2.41. The molecule has 4 aromatic carbocycles. The Labute approximate surface area is 318 Å². The van der Waals surface area contributed by atoms with Gasteiger partial charge in [-0.15, -0.1) is 0 Å². The Balaban J connectivity index is 1.67. The lowest BCUT2D eigenvalue weighted by atomic mass is 9.88. The van der Waals surface area contributed by atoms with Crippen LogP contribution in [-0.2, 0) is 25.7 Å². The Morgan fingerprint density at radius 1 is 0.520 bits per heavy atom. The van der Waals surface area contributed by atoms with Gasteiger partial charge in [0, 0.05) is 0 Å². The van der Waals surface area contributed by atoms with Crippen LogP contribution in [0.15, 0.2) is 81.7 Å². The van der Waals surface area contributed by atoms with Crippen LogP contribution >= 0.6 is 31.9 Å². The van der Waals surface area contributed by atoms with Crippen LogP contribution in [0.25, 0.3) is 0 Å². The summed E-state index contributed by atoms with van der Waals surface area (Å²) in [6.07, 6.45) is 19.8. The number of aromatic hydroxyl groups is 2. The number of phenolic OH excluding ortho intramolecular Hbond substituents is 2. The van der Waals surface area contributed by atoms with Crippen LogP contribution in [0.1, 0.15) is 153 Å². The summed E-state index contributed by atoms with van der Waals surface area (Å²) < 4.78 is 1.13. The molecule has 4 rings (SSSR count). The summed E-state index contributed by atoms with van der Waals surface area (Å²) in [5.74, 6) is -0.496. The average molecular weight is 805 g/mol. The van der Waals surface area contributed by atoms with Gasteiger partial charge in [0.2, 0.25) is 5.78 Å². The molecule has 268 valence electrons. The molecular formula is C45H56Br2O3. The van der Waals surface area contributed by atoms with Gasteiger partial charge in [-0.2, -0.15) is 0 Å². The van der Waals surface area contributed by atoms with Gasteiger partial charge in [-0.05, 0) is 116 Å². The standard InChI is InChI=1S/C45H56Br2O3/c1-3-5-7-9-11-13-21-27-35-31-39(44(49)41(46)37(35)29-33-23-17-15-18-24-33)43(48)40-32-36(28-22-14-12-10-8-6-4-2)38(42(47)45(40)50)30-34-25-19-16-20-26-34/h15-20,23-26,31-32,49-50H,3-14,21-22,27-30H2,1-2H3. The predicted molar refractivity (Wildman–Crippen MR) is 217 cm³/mol. The van der Waals surface area contributed by atoms with Crippen molar-refractivity contribution < 1.29 is 15.0 Å². The summed E-state index contributed by atoms with van der Waals surface area (Å²) in [6, 6.07) is 24.3. The zero-order valence-corrected chi connectivity index (χ0v) is 33.4. The van der Waals surface area contributed by atoms with Crippen LogP contribution < -0.4 is 0 Å². The van der Waals surface area contributed by atoms with E-state index in [0.29, 0.717) is 21.8 Å². The topological polar surface area (TPSA) is 57.5 Å². The molecule has 0 spiro atoms. The summed E-state index contributed by atoms with van der Waals surface area (Å²) in [5, 5.41) is 23.2. The van der Waals surface area contributed by atoms with E-state index in [2.05, 4.69) is 70.0 Å². The first kappa shape index (κ1) is 39.9. The number of aryl methyl sites for hydroxylation is 2. The molecule has 0 aromatic heterocycles. The predicted octanol–water partition coefficient (Wildman–Crippen LogP) is 13.6. The molecule has 0 heterocycles. The lowest BCUT2D eigenvalue weighted by Gasteiger charge is -2.19. The van der Waals surface area contributed by atoms with Crippen LogP contribution in [0.4, 0.5) is 0 Å². The number of carbonyl (C=O) groups excluding carboxylic acids is 1. The number of hydrogen-bond donors (Lipinski definition) is 2. The van der Waals surface area contributed by atoms with Crippen LogP contribution in [0.5, 0.6) is 11.5 Å². The van der Waals surface area contributed by atoms with E-state index in [-0.39, 0.29) is 28.4 Å². The Bertz CT molecular complexity index is 1510. The maximum absolute atomic E-state index is 14.4. The van der Waals surface area contributed by atoms with Crippen molar-refractivity contribution in [1.82, 2.24) is 0 Å². The Morgan fingerprint density at radius 2 is 0.860 bits per heavy atom. The van der Waals surface area contributed by atoms with Crippen LogP contribution in [-0.4, -0.2) is 16.0 Å². The van der Waals surface area contributed by atoms with E-state index in [1.54, 1.807) is 0 Å². The molecule has 2 N–H and O–H groups in total. The highest BCUT2D eigenvalue weighted by Gasteiger charge is 2.26. The van der Waals surface area contributed by atoms with E-state index < -0.39 is 0 Å². The normalized spacial score (nSPS) is 11.3. The maximum atomic E-state index is 14.4. The van der Waals surface area contributed by atoms with Crippen LogP contribution in [0.3, 0.4) is 0 Å². The van der Waals surface area contributed by atoms with Crippen LogP contribution in [0.2, 0.25) is 0 Å². The quantitative estimate of drug-likeness (QED) is 0.0614. The van der Waals surface area contributed by atoms with E-state index in [0.717, 1.165) is 71.9 Å². The number of rotatable bonds is 22. The van der Waals surface area contributed by atoms with E-state index in [1.165, 1.54) is 64.2 Å². The van der Waals surface area contributed by atoms with Crippen molar-refractivity contribution in [2.45, 2.75) is 129 Å². The molecule has 50 heavy (non-hydrogen) atoms. The molecule has 0 amide bonds. The van der Waals surface area contributed by atoms with Crippen LogP contribution in [0, 0.1) is 0 Å². The smallest absolute Gasteiger partial charge is 0.200 e. The summed E-state index contributed by atoms with van der Waals surface area (Å²) in [7, 11) is 0. The molecule has 0 bridgehead atoms. The largest absolute Gasteiger partial charge is 0.506 e. The van der Waals surface area contributed by atoms with E-state index in [1.807, 2.05) is 48.5 Å². The Hall–Kier alpha value is -2.89. The van der Waals surface area contributed by atoms with Crippen molar-refractivity contribution >= 4 is 37.6 Å². The number of benzene rings is 4. The fraction of sp³-hybridized carbons (Fsp3) is 0.444. The van der Waals surface area contributed by atoms with Gasteiger partial charge in [0.05, 0.1) is 20.1 Å². The lowest BCUT2D eigenvalue weighted by Crippen LogP contribution is -2.09. The van der Waals surface area contributed by atoms with Crippen molar-refractivity contribution in [3.63, 3.8) is 0 Å². The van der Waals surface area contributed by atoms with Crippen molar-refractivity contribution in [3.05, 3.63) is 126 Å². The monoisotopic (exact) mass is 802 g/mol. The molecule has 3 nitrogen and oxygen atoms in total. The highest BCUT2D eigenvalue weighted by atomic mass is 79.9. The minimum absolute atomic E-state index is 0.0678. The number of halogens is 2. The Morgan fingerprint density at radius 3 is 1.22 bits per heavy atom. The third kappa shape index (κ3) is 11.6. The van der Waals surface area contributed by atoms with Crippen molar-refractivity contribution in [2.75, 3.05) is 0 Å². The molecule has 0 aliphatic carbocycles. The fourth-order valence-corrected chi connectivity index (χ4v) is 8.15. The summed E-state index contributed by atoms with van der Waals surface area (Å²) >= 11 is 7.44. The van der Waals surface area contributed by atoms with Gasteiger partial charge in [0.15, 0.2) is 0 Å². The zero-order valence-electron chi connectivity index (χ0n) is 30.2. The fourth-order valence-electron chi connectivity index (χ4n) is 6.93. The summed E-state index contributed by atoms with van der Waals surface area (Å²) in [6.45, 7) is 4.48. The molecule has 0 saturated carbocycles. The SMILES string of the molecule is CCCCCCCCCc1cc(C(=O)c2cc(CCCCCCCCC)c(Cc3ccccc3)c(Br)c2O)c(O)c(Br)c1Cc1ccccc1. The third-order valence-corrected chi connectivity index (χ3v) is 11.6. The number of unbranched alkanes of at least 4 members (excludes halogenated alkanes) is 12. The molecule has 0 saturated heterocycles. The van der Waals surface area contributed by atoms with Gasteiger partial charge >= 0.3 is 0 Å².